The molecule has 1 atom stereocenters. The number of likely N-dealkylation sites (tertiary alicyclic amines) is 1. The SMILES string of the molecule is COc1cccc(CN2CC[C@H](O)C2)c1O. The van der Waals surface area contributed by atoms with Gasteiger partial charge in [0.2, 0.25) is 0 Å². The number of phenols is 1. The van der Waals surface area contributed by atoms with Crippen molar-refractivity contribution in [2.75, 3.05) is 20.2 Å². The molecule has 0 unspecified atom stereocenters. The van der Waals surface area contributed by atoms with Crippen molar-refractivity contribution in [1.29, 1.82) is 0 Å². The molecule has 0 amide bonds. The summed E-state index contributed by atoms with van der Waals surface area (Å²) in [6, 6.07) is 5.47. The Morgan fingerprint density at radius 3 is 2.94 bits per heavy atom. The first kappa shape index (κ1) is 11.2. The molecule has 1 aliphatic heterocycles. The normalized spacial score (nSPS) is 21.2. The van der Waals surface area contributed by atoms with Crippen LogP contribution in [-0.2, 0) is 6.54 Å². The molecule has 1 aromatic rings. The molecule has 1 aromatic carbocycles. The van der Waals surface area contributed by atoms with E-state index in [1.165, 1.54) is 0 Å². The molecule has 0 bridgehead atoms. The summed E-state index contributed by atoms with van der Waals surface area (Å²) in [5, 5.41) is 19.3. The Kier molecular flexibility index (Phi) is 3.31. The fourth-order valence-corrected chi connectivity index (χ4v) is 2.06. The first-order valence-corrected chi connectivity index (χ1v) is 5.46. The Morgan fingerprint density at radius 1 is 1.50 bits per heavy atom. The van der Waals surface area contributed by atoms with Crippen LogP contribution in [0.4, 0.5) is 0 Å². The van der Waals surface area contributed by atoms with E-state index in [-0.39, 0.29) is 11.9 Å². The average Bonchev–Trinajstić information content (AvgIpc) is 2.67. The lowest BCUT2D eigenvalue weighted by Crippen LogP contribution is -2.21. The van der Waals surface area contributed by atoms with Crippen LogP contribution in [0.5, 0.6) is 11.5 Å². The minimum absolute atomic E-state index is 0.200. The topological polar surface area (TPSA) is 52.9 Å². The van der Waals surface area contributed by atoms with Gasteiger partial charge in [-0.2, -0.15) is 0 Å². The average molecular weight is 223 g/mol. The van der Waals surface area contributed by atoms with Crippen LogP contribution in [-0.4, -0.2) is 41.4 Å². The molecule has 0 spiro atoms. The molecule has 0 aliphatic carbocycles. The van der Waals surface area contributed by atoms with Gasteiger partial charge in [-0.25, -0.2) is 0 Å². The summed E-state index contributed by atoms with van der Waals surface area (Å²) < 4.78 is 5.05. The Hall–Kier alpha value is -1.26. The van der Waals surface area contributed by atoms with Gasteiger partial charge >= 0.3 is 0 Å². The molecule has 0 saturated carbocycles. The van der Waals surface area contributed by atoms with E-state index in [0.717, 1.165) is 18.5 Å². The second-order valence-electron chi connectivity index (χ2n) is 4.15. The highest BCUT2D eigenvalue weighted by molar-refractivity contribution is 5.45. The van der Waals surface area contributed by atoms with Crippen LogP contribution in [0.15, 0.2) is 18.2 Å². The van der Waals surface area contributed by atoms with Crippen molar-refractivity contribution in [3.05, 3.63) is 23.8 Å². The summed E-state index contributed by atoms with van der Waals surface area (Å²) in [6.07, 6.45) is 0.581. The Bertz CT molecular complexity index is 367. The van der Waals surface area contributed by atoms with Gasteiger partial charge in [-0.3, -0.25) is 4.90 Å². The maximum absolute atomic E-state index is 9.90. The number of aliphatic hydroxyl groups is 1. The summed E-state index contributed by atoms with van der Waals surface area (Å²) in [4.78, 5) is 2.12. The maximum atomic E-state index is 9.90. The highest BCUT2D eigenvalue weighted by Gasteiger charge is 2.21. The summed E-state index contributed by atoms with van der Waals surface area (Å²) in [5.74, 6) is 0.698. The van der Waals surface area contributed by atoms with E-state index in [1.807, 2.05) is 12.1 Å². The first-order chi connectivity index (χ1) is 7.70. The number of methoxy groups -OCH3 is 1. The fraction of sp³-hybridized carbons (Fsp3) is 0.500. The quantitative estimate of drug-likeness (QED) is 0.801. The fourth-order valence-electron chi connectivity index (χ4n) is 2.06. The largest absolute Gasteiger partial charge is 0.504 e. The van der Waals surface area contributed by atoms with Crippen molar-refractivity contribution < 1.29 is 14.9 Å². The molecular weight excluding hydrogens is 206 g/mol. The second-order valence-corrected chi connectivity index (χ2v) is 4.15. The Morgan fingerprint density at radius 2 is 2.31 bits per heavy atom. The standard InChI is InChI=1S/C12H17NO3/c1-16-11-4-2-3-9(12(11)15)7-13-6-5-10(14)8-13/h2-4,10,14-15H,5-8H2,1H3/t10-/m0/s1. The third-order valence-corrected chi connectivity index (χ3v) is 2.94. The lowest BCUT2D eigenvalue weighted by molar-refractivity contribution is 0.174. The number of aromatic hydroxyl groups is 1. The van der Waals surface area contributed by atoms with Crippen LogP contribution in [0.2, 0.25) is 0 Å². The van der Waals surface area contributed by atoms with Crippen molar-refractivity contribution in [2.24, 2.45) is 0 Å². The van der Waals surface area contributed by atoms with E-state index >= 15 is 0 Å². The van der Waals surface area contributed by atoms with E-state index in [0.29, 0.717) is 18.8 Å². The van der Waals surface area contributed by atoms with Crippen molar-refractivity contribution in [3.63, 3.8) is 0 Å². The minimum Gasteiger partial charge on any atom is -0.504 e. The number of rotatable bonds is 3. The van der Waals surface area contributed by atoms with Crippen molar-refractivity contribution >= 4 is 0 Å². The molecular formula is C12H17NO3. The summed E-state index contributed by atoms with van der Waals surface area (Å²) in [6.45, 7) is 2.20. The number of ether oxygens (including phenoxy) is 1. The second kappa shape index (κ2) is 4.72. The number of phenolic OH excluding ortho intramolecular Hbond substituents is 1. The van der Waals surface area contributed by atoms with Crippen LogP contribution in [0, 0.1) is 0 Å². The van der Waals surface area contributed by atoms with Gasteiger partial charge in [0.05, 0.1) is 13.2 Å². The maximum Gasteiger partial charge on any atom is 0.162 e. The van der Waals surface area contributed by atoms with E-state index in [9.17, 15) is 10.2 Å². The number of hydrogen-bond acceptors (Lipinski definition) is 4. The van der Waals surface area contributed by atoms with E-state index in [1.54, 1.807) is 13.2 Å². The Balaban J connectivity index is 2.09. The summed E-state index contributed by atoms with van der Waals surface area (Å²) in [7, 11) is 1.54. The molecule has 1 saturated heterocycles. The number of aliphatic hydroxyl groups excluding tert-OH is 1. The minimum atomic E-state index is -0.229. The molecule has 0 radical (unpaired) electrons. The molecule has 16 heavy (non-hydrogen) atoms. The summed E-state index contributed by atoms with van der Waals surface area (Å²) >= 11 is 0. The Labute approximate surface area is 95.1 Å². The predicted molar refractivity (Wildman–Crippen MR) is 60.6 cm³/mol. The monoisotopic (exact) mass is 223 g/mol. The molecule has 4 nitrogen and oxygen atoms in total. The highest BCUT2D eigenvalue weighted by Crippen LogP contribution is 2.30. The summed E-state index contributed by atoms with van der Waals surface area (Å²) in [5.41, 5.74) is 0.841. The molecule has 88 valence electrons. The number of nitrogens with zero attached hydrogens (tertiary/aromatic N) is 1. The van der Waals surface area contributed by atoms with Crippen molar-refractivity contribution in [3.8, 4) is 11.5 Å². The number of β-amino-alcohol motifs (C(OH)–C–C–N with tert-alkyl or cyclic N) is 1. The molecule has 0 aromatic heterocycles. The van der Waals surface area contributed by atoms with Crippen molar-refractivity contribution in [1.82, 2.24) is 4.90 Å². The predicted octanol–water partition coefficient (Wildman–Crippen LogP) is 0.967. The number of hydrogen-bond donors (Lipinski definition) is 2. The van der Waals surface area contributed by atoms with E-state index < -0.39 is 0 Å². The smallest absolute Gasteiger partial charge is 0.162 e. The lowest BCUT2D eigenvalue weighted by Gasteiger charge is -2.16. The van der Waals surface area contributed by atoms with Gasteiger partial charge < -0.3 is 14.9 Å². The van der Waals surface area contributed by atoms with Gasteiger partial charge in [0.1, 0.15) is 0 Å². The number of benzene rings is 1. The van der Waals surface area contributed by atoms with Crippen molar-refractivity contribution in [2.45, 2.75) is 19.1 Å². The highest BCUT2D eigenvalue weighted by atomic mass is 16.5. The zero-order chi connectivity index (χ0) is 11.5. The molecule has 4 heteroatoms. The van der Waals surface area contributed by atoms with Gasteiger partial charge in [-0.15, -0.1) is 0 Å². The zero-order valence-corrected chi connectivity index (χ0v) is 9.39. The lowest BCUT2D eigenvalue weighted by atomic mass is 10.2. The van der Waals surface area contributed by atoms with Crippen LogP contribution in [0.25, 0.3) is 0 Å². The van der Waals surface area contributed by atoms with Gasteiger partial charge in [-0.1, -0.05) is 12.1 Å². The van der Waals surface area contributed by atoms with Crippen LogP contribution < -0.4 is 4.74 Å². The molecule has 1 heterocycles. The van der Waals surface area contributed by atoms with Gasteiger partial charge in [0.15, 0.2) is 11.5 Å². The molecule has 2 N–H and O–H groups in total. The van der Waals surface area contributed by atoms with Crippen LogP contribution in [0.3, 0.4) is 0 Å². The van der Waals surface area contributed by atoms with E-state index in [4.69, 9.17) is 4.74 Å². The number of para-hydroxylation sites is 1. The van der Waals surface area contributed by atoms with Crippen LogP contribution in [0.1, 0.15) is 12.0 Å². The molecule has 1 aliphatic rings. The first-order valence-electron chi connectivity index (χ1n) is 5.46. The molecule has 2 rings (SSSR count). The third kappa shape index (κ3) is 2.28. The van der Waals surface area contributed by atoms with E-state index in [2.05, 4.69) is 4.90 Å². The third-order valence-electron chi connectivity index (χ3n) is 2.94. The van der Waals surface area contributed by atoms with Crippen LogP contribution >= 0.6 is 0 Å². The van der Waals surface area contributed by atoms with Gasteiger partial charge in [0.25, 0.3) is 0 Å². The van der Waals surface area contributed by atoms with Gasteiger partial charge in [0, 0.05) is 25.2 Å². The zero-order valence-electron chi connectivity index (χ0n) is 9.39. The van der Waals surface area contributed by atoms with Gasteiger partial charge in [-0.05, 0) is 12.5 Å². The molecule has 1 fully saturated rings.